The Morgan fingerprint density at radius 1 is 0.878 bits per heavy atom. The smallest absolute Gasteiger partial charge is 0.536 e. The Labute approximate surface area is 250 Å². The van der Waals surface area contributed by atoms with Crippen LogP contribution in [-0.2, 0) is 0 Å². The van der Waals surface area contributed by atoms with Crippen molar-refractivity contribution in [1.29, 1.82) is 0 Å². The van der Waals surface area contributed by atoms with Gasteiger partial charge in [0.15, 0.2) is 5.15 Å². The van der Waals surface area contributed by atoms with Crippen LogP contribution in [0.5, 0.6) is 5.75 Å². The number of halogens is 4. The predicted molar refractivity (Wildman–Crippen MR) is 163 cm³/mol. The number of aromatic nitrogens is 6. The van der Waals surface area contributed by atoms with E-state index in [1.54, 1.807) is 12.4 Å². The topological polar surface area (TPSA) is 102 Å². The molecule has 15 heteroatoms. The van der Waals surface area contributed by atoms with Crippen LogP contribution in [0.1, 0.15) is 11.1 Å². The van der Waals surface area contributed by atoms with Crippen molar-refractivity contribution in [3.8, 4) is 34.4 Å². The molecule has 0 aliphatic carbocycles. The van der Waals surface area contributed by atoms with Crippen molar-refractivity contribution in [2.45, 2.75) is 39.3 Å². The lowest BCUT2D eigenvalue weighted by Crippen LogP contribution is -2.16. The zero-order valence-electron chi connectivity index (χ0n) is 23.3. The molecule has 0 aromatic carbocycles. The summed E-state index contributed by atoms with van der Waals surface area (Å²) in [6.45, 7) is 13.0. The summed E-state index contributed by atoms with van der Waals surface area (Å²) in [5.74, 6) is 5.31. The van der Waals surface area contributed by atoms with Crippen LogP contribution in [0.25, 0.3) is 5.69 Å². The van der Waals surface area contributed by atoms with Gasteiger partial charge in [-0.25, -0.2) is 13.5 Å². The van der Waals surface area contributed by atoms with E-state index in [2.05, 4.69) is 92.1 Å². The highest BCUT2D eigenvalue weighted by Gasteiger charge is 2.11. The first kappa shape index (κ1) is 33.7. The van der Waals surface area contributed by atoms with E-state index in [0.29, 0.717) is 29.2 Å². The molecular weight excluding hydrogens is 604 g/mol. The Hall–Kier alpha value is -3.46. The number of hydrogen-bond acceptors (Lipinski definition) is 6. The Morgan fingerprint density at radius 3 is 1.98 bits per heavy atom. The molecule has 0 unspecified atom stereocenters. The quantitative estimate of drug-likeness (QED) is 0.222. The van der Waals surface area contributed by atoms with Crippen LogP contribution in [0.2, 0.25) is 49.6 Å². The number of nitrogens with zero attached hydrogens (tertiary/aromatic N) is 5. The molecule has 0 aliphatic heterocycles. The van der Waals surface area contributed by atoms with Gasteiger partial charge in [-0.1, -0.05) is 74.3 Å². The van der Waals surface area contributed by atoms with Gasteiger partial charge in [-0.3, -0.25) is 15.1 Å². The summed E-state index contributed by atoms with van der Waals surface area (Å²) in [7, 11) is -2.30. The molecule has 0 saturated carbocycles. The maximum Gasteiger partial charge on any atom is 0.569 e. The number of aromatic amines is 1. The molecular formula is C26H28BCl2F2N6O2Si2. The van der Waals surface area contributed by atoms with Crippen LogP contribution in [0, 0.1) is 34.6 Å². The van der Waals surface area contributed by atoms with Gasteiger partial charge >= 0.3 is 7.69 Å². The van der Waals surface area contributed by atoms with Gasteiger partial charge in [0.2, 0.25) is 0 Å². The fourth-order valence-electron chi connectivity index (χ4n) is 2.48. The molecule has 1 radical (unpaired) electrons. The van der Waals surface area contributed by atoms with E-state index in [1.807, 2.05) is 0 Å². The molecule has 41 heavy (non-hydrogen) atoms. The average molecular weight is 632 g/mol. The van der Waals surface area contributed by atoms with Crippen molar-refractivity contribution >= 4 is 47.0 Å². The van der Waals surface area contributed by atoms with Crippen molar-refractivity contribution in [3.63, 3.8) is 0 Å². The minimum atomic E-state index is -1.47. The summed E-state index contributed by atoms with van der Waals surface area (Å²) in [6.07, 6.45) is 8.32. The predicted octanol–water partition coefficient (Wildman–Crippen LogP) is 5.71. The fraction of sp³-hybridized carbons (Fsp3) is 0.231. The molecule has 4 aromatic heterocycles. The SMILES string of the molecule is C[Si](C)(C)C#Cc1cn(-c2cncc(F)c2)nc1Cl.C[Si](C)(C)C#Cc1cn[nH]c1Cl.O[B]Oc1cncc(F)c1. The van der Waals surface area contributed by atoms with Gasteiger partial charge in [0.25, 0.3) is 0 Å². The lowest BCUT2D eigenvalue weighted by molar-refractivity contribution is 0.449. The van der Waals surface area contributed by atoms with Gasteiger partial charge in [-0.2, -0.15) is 10.2 Å². The van der Waals surface area contributed by atoms with Crippen molar-refractivity contribution in [3.05, 3.63) is 82.4 Å². The van der Waals surface area contributed by atoms with Gasteiger partial charge in [0, 0.05) is 18.3 Å². The molecule has 0 amide bonds. The summed E-state index contributed by atoms with van der Waals surface area (Å²) in [4.78, 5) is 7.25. The third-order valence-electron chi connectivity index (χ3n) is 4.23. The van der Waals surface area contributed by atoms with Crippen LogP contribution in [-0.4, -0.2) is 58.8 Å². The van der Waals surface area contributed by atoms with Gasteiger partial charge in [-0.15, -0.1) is 11.1 Å². The summed E-state index contributed by atoms with van der Waals surface area (Å²) >= 11 is 11.8. The third kappa shape index (κ3) is 13.2. The normalized spacial score (nSPS) is 10.4. The Morgan fingerprint density at radius 2 is 1.46 bits per heavy atom. The van der Waals surface area contributed by atoms with Gasteiger partial charge < -0.3 is 9.68 Å². The molecule has 0 spiro atoms. The van der Waals surface area contributed by atoms with Crippen LogP contribution in [0.3, 0.4) is 0 Å². The van der Waals surface area contributed by atoms with E-state index < -0.39 is 27.8 Å². The molecule has 213 valence electrons. The zero-order valence-corrected chi connectivity index (χ0v) is 26.8. The average Bonchev–Trinajstić information content (AvgIpc) is 3.46. The maximum atomic E-state index is 13.1. The first-order valence-corrected chi connectivity index (χ1v) is 19.8. The minimum absolute atomic E-state index is 0.169. The Bertz CT molecular complexity index is 1570. The lowest BCUT2D eigenvalue weighted by atomic mass is 10.4. The molecule has 0 saturated heterocycles. The number of H-pyrrole nitrogens is 1. The highest BCUT2D eigenvalue weighted by Crippen LogP contribution is 2.16. The van der Waals surface area contributed by atoms with E-state index in [9.17, 15) is 8.78 Å². The van der Waals surface area contributed by atoms with Crippen LogP contribution >= 0.6 is 23.2 Å². The number of hydrogen-bond donors (Lipinski definition) is 2. The Kier molecular flexibility index (Phi) is 12.8. The highest BCUT2D eigenvalue weighted by atomic mass is 35.5. The second kappa shape index (κ2) is 15.5. The summed E-state index contributed by atoms with van der Waals surface area (Å²) in [6, 6.07) is 2.45. The molecule has 0 bridgehead atoms. The first-order valence-electron chi connectivity index (χ1n) is 12.0. The van der Waals surface area contributed by atoms with Crippen molar-refractivity contribution in [1.82, 2.24) is 29.9 Å². The van der Waals surface area contributed by atoms with E-state index in [-0.39, 0.29) is 5.75 Å². The highest BCUT2D eigenvalue weighted by molar-refractivity contribution is 6.84. The molecule has 0 atom stereocenters. The number of pyridine rings is 2. The van der Waals surface area contributed by atoms with E-state index in [1.165, 1.54) is 23.1 Å². The third-order valence-corrected chi connectivity index (χ3v) is 6.55. The van der Waals surface area contributed by atoms with Crippen LogP contribution in [0.15, 0.2) is 49.3 Å². The van der Waals surface area contributed by atoms with Crippen molar-refractivity contribution < 1.29 is 18.5 Å². The van der Waals surface area contributed by atoms with Crippen molar-refractivity contribution in [2.75, 3.05) is 0 Å². The molecule has 0 aliphatic rings. The summed E-state index contributed by atoms with van der Waals surface area (Å²) in [5.41, 5.74) is 8.38. The molecule has 0 fully saturated rings. The van der Waals surface area contributed by atoms with E-state index >= 15 is 0 Å². The van der Waals surface area contributed by atoms with Gasteiger partial charge in [0.1, 0.15) is 38.7 Å². The first-order chi connectivity index (χ1) is 19.2. The standard InChI is InChI=1S/C13H13ClFN3Si.C8H11ClN2Si.C5H4BFNO2/c1-19(2,3)5-4-10-9-18(17-13(10)14)12-6-11(15)7-16-8-12;1-12(2,3)5-4-7-6-10-11-8(7)9;7-4-1-5(10-6-9)3-8-2-4/h6-9H,1-3H3;6H,1-3H3,(H,10,11);1-3,9H. The largest absolute Gasteiger partial charge is 0.569 e. The number of rotatable bonds is 3. The Balaban J connectivity index is 0.000000230. The van der Waals surface area contributed by atoms with Gasteiger partial charge in [-0.05, 0) is 0 Å². The summed E-state index contributed by atoms with van der Waals surface area (Å²) in [5, 5.41) is 19.5. The summed E-state index contributed by atoms with van der Waals surface area (Å²) < 4.78 is 31.3. The zero-order chi connectivity index (χ0) is 30.6. The molecule has 2 N–H and O–H groups in total. The molecule has 4 rings (SSSR count). The monoisotopic (exact) mass is 631 g/mol. The lowest BCUT2D eigenvalue weighted by Gasteiger charge is -2.02. The van der Waals surface area contributed by atoms with Gasteiger partial charge in [0.05, 0.1) is 47.8 Å². The fourth-order valence-corrected chi connectivity index (χ4v) is 3.82. The second-order valence-electron chi connectivity index (χ2n) is 10.3. The minimum Gasteiger partial charge on any atom is -0.536 e. The maximum absolute atomic E-state index is 13.1. The van der Waals surface area contributed by atoms with Crippen LogP contribution < -0.4 is 4.65 Å². The van der Waals surface area contributed by atoms with Crippen LogP contribution in [0.4, 0.5) is 8.78 Å². The molecule has 4 heterocycles. The van der Waals surface area contributed by atoms with Crippen molar-refractivity contribution in [2.24, 2.45) is 0 Å². The molecule has 4 aromatic rings. The van der Waals surface area contributed by atoms with E-state index in [0.717, 1.165) is 24.0 Å². The molecule has 8 nitrogen and oxygen atoms in total. The van der Waals surface area contributed by atoms with E-state index in [4.69, 9.17) is 28.2 Å². The number of nitrogens with one attached hydrogen (secondary N) is 1. The second-order valence-corrected chi connectivity index (χ2v) is 20.5.